The minimum atomic E-state index is -1.27. The average Bonchev–Trinajstić information content (AvgIpc) is 2.02. The van der Waals surface area contributed by atoms with Crippen molar-refractivity contribution in [2.45, 2.75) is 26.4 Å². The normalized spacial score (nSPS) is 11.8. The molecule has 0 atom stereocenters. The lowest BCUT2D eigenvalue weighted by atomic mass is 10.1. The summed E-state index contributed by atoms with van der Waals surface area (Å²) < 4.78 is 0. The van der Waals surface area contributed by atoms with E-state index < -0.39 is 5.60 Å². The average molecular weight is 188 g/mol. The topological polar surface area (TPSA) is 52.6 Å². The first kappa shape index (κ1) is 12.4. The Morgan fingerprint density at radius 2 is 2.08 bits per heavy atom. The molecule has 0 aliphatic heterocycles. The Hall–Kier alpha value is -0.610. The highest BCUT2D eigenvalue weighted by atomic mass is 16.3. The maximum atomic E-state index is 11.2. The molecule has 0 saturated carbocycles. The molecule has 0 aromatic carbocycles. The summed E-state index contributed by atoms with van der Waals surface area (Å²) in [6.45, 7) is 7.35. The van der Waals surface area contributed by atoms with E-state index in [1.54, 1.807) is 0 Å². The van der Waals surface area contributed by atoms with Crippen molar-refractivity contribution in [3.8, 4) is 0 Å². The lowest BCUT2D eigenvalue weighted by molar-refractivity contribution is -0.136. The largest absolute Gasteiger partial charge is 0.381 e. The highest BCUT2D eigenvalue weighted by Crippen LogP contribution is 1.99. The summed E-state index contributed by atoms with van der Waals surface area (Å²) in [5.41, 5.74) is -1.27. The van der Waals surface area contributed by atoms with E-state index in [9.17, 15) is 9.90 Å². The van der Waals surface area contributed by atoms with Crippen molar-refractivity contribution in [1.82, 2.24) is 10.2 Å². The maximum absolute atomic E-state index is 11.2. The van der Waals surface area contributed by atoms with Gasteiger partial charge in [0, 0.05) is 13.1 Å². The number of nitrogens with one attached hydrogen (secondary N) is 1. The molecule has 0 heterocycles. The Labute approximate surface area is 79.9 Å². The van der Waals surface area contributed by atoms with Crippen molar-refractivity contribution in [3.63, 3.8) is 0 Å². The summed E-state index contributed by atoms with van der Waals surface area (Å²) in [7, 11) is 1.98. The molecule has 0 bridgehead atoms. The van der Waals surface area contributed by atoms with Crippen LogP contribution in [0.15, 0.2) is 0 Å². The molecule has 4 nitrogen and oxygen atoms in total. The van der Waals surface area contributed by atoms with Crippen LogP contribution in [0.1, 0.15) is 20.8 Å². The van der Waals surface area contributed by atoms with Gasteiger partial charge in [0.05, 0.1) is 0 Å². The third-order valence-electron chi connectivity index (χ3n) is 1.87. The third kappa shape index (κ3) is 5.60. The molecule has 0 spiro atoms. The van der Waals surface area contributed by atoms with Gasteiger partial charge in [0.15, 0.2) is 0 Å². The van der Waals surface area contributed by atoms with Crippen molar-refractivity contribution in [2.75, 3.05) is 26.7 Å². The molecule has 0 rings (SSSR count). The van der Waals surface area contributed by atoms with Gasteiger partial charge in [-0.3, -0.25) is 4.79 Å². The number of rotatable bonds is 5. The first-order valence-electron chi connectivity index (χ1n) is 4.57. The van der Waals surface area contributed by atoms with Gasteiger partial charge >= 0.3 is 0 Å². The molecule has 0 aliphatic carbocycles. The molecule has 0 unspecified atom stereocenters. The van der Waals surface area contributed by atoms with E-state index in [-0.39, 0.29) is 5.91 Å². The fourth-order valence-electron chi connectivity index (χ4n) is 0.735. The number of carbonyl (C=O) groups is 1. The van der Waals surface area contributed by atoms with Gasteiger partial charge in [0.1, 0.15) is 5.60 Å². The van der Waals surface area contributed by atoms with Crippen LogP contribution in [0.2, 0.25) is 0 Å². The van der Waals surface area contributed by atoms with Crippen LogP contribution in [0.5, 0.6) is 0 Å². The second kappa shape index (κ2) is 5.19. The fourth-order valence-corrected chi connectivity index (χ4v) is 0.735. The molecule has 2 N–H and O–H groups in total. The molecule has 13 heavy (non-hydrogen) atoms. The van der Waals surface area contributed by atoms with Crippen molar-refractivity contribution in [2.24, 2.45) is 0 Å². The molecule has 4 heteroatoms. The lowest BCUT2D eigenvalue weighted by Crippen LogP contribution is -2.44. The molecule has 0 aromatic heterocycles. The minimum Gasteiger partial charge on any atom is -0.381 e. The zero-order valence-electron chi connectivity index (χ0n) is 8.92. The first-order valence-corrected chi connectivity index (χ1v) is 4.57. The van der Waals surface area contributed by atoms with Crippen molar-refractivity contribution < 1.29 is 9.90 Å². The Morgan fingerprint density at radius 3 is 2.46 bits per heavy atom. The van der Waals surface area contributed by atoms with Gasteiger partial charge in [0.25, 0.3) is 5.91 Å². The number of hydrogen-bond donors (Lipinski definition) is 2. The second-order valence-electron chi connectivity index (χ2n) is 3.71. The van der Waals surface area contributed by atoms with E-state index in [0.717, 1.165) is 13.1 Å². The van der Waals surface area contributed by atoms with E-state index in [2.05, 4.69) is 17.1 Å². The van der Waals surface area contributed by atoms with Crippen LogP contribution in [0.4, 0.5) is 0 Å². The van der Waals surface area contributed by atoms with Gasteiger partial charge in [-0.1, -0.05) is 6.92 Å². The number of hydrogen-bond acceptors (Lipinski definition) is 3. The predicted molar refractivity (Wildman–Crippen MR) is 52.5 cm³/mol. The predicted octanol–water partition coefficient (Wildman–Crippen LogP) is -0.175. The lowest BCUT2D eigenvalue weighted by Gasteiger charge is -2.18. The van der Waals surface area contributed by atoms with Crippen LogP contribution in [0.25, 0.3) is 0 Å². The van der Waals surface area contributed by atoms with Crippen molar-refractivity contribution in [1.29, 1.82) is 0 Å². The van der Waals surface area contributed by atoms with E-state index in [0.29, 0.717) is 6.54 Å². The number of aliphatic hydroxyl groups is 1. The molecular formula is C9H20N2O2. The standard InChI is InChI=1S/C9H20N2O2/c1-5-11(4)7-6-10-8(12)9(2,3)13/h13H,5-7H2,1-4H3,(H,10,12). The van der Waals surface area contributed by atoms with Crippen LogP contribution in [-0.2, 0) is 4.79 Å². The van der Waals surface area contributed by atoms with Gasteiger partial charge in [-0.05, 0) is 27.4 Å². The molecule has 1 amide bonds. The SMILES string of the molecule is CCN(C)CCNC(=O)C(C)(C)O. The second-order valence-corrected chi connectivity index (χ2v) is 3.71. The van der Waals surface area contributed by atoms with Crippen LogP contribution in [0, 0.1) is 0 Å². The van der Waals surface area contributed by atoms with Crippen molar-refractivity contribution >= 4 is 5.91 Å². The van der Waals surface area contributed by atoms with Gasteiger partial charge < -0.3 is 15.3 Å². The molecule has 0 aromatic rings. The van der Waals surface area contributed by atoms with Crippen LogP contribution < -0.4 is 5.32 Å². The Morgan fingerprint density at radius 1 is 1.54 bits per heavy atom. The van der Waals surface area contributed by atoms with Crippen molar-refractivity contribution in [3.05, 3.63) is 0 Å². The van der Waals surface area contributed by atoms with E-state index in [4.69, 9.17) is 0 Å². The van der Waals surface area contributed by atoms with E-state index in [1.807, 2.05) is 7.05 Å². The monoisotopic (exact) mass is 188 g/mol. The third-order valence-corrected chi connectivity index (χ3v) is 1.87. The van der Waals surface area contributed by atoms with Crippen LogP contribution in [-0.4, -0.2) is 48.2 Å². The van der Waals surface area contributed by atoms with Gasteiger partial charge in [0.2, 0.25) is 0 Å². The molecule has 0 radical (unpaired) electrons. The zero-order chi connectivity index (χ0) is 10.5. The minimum absolute atomic E-state index is 0.322. The van der Waals surface area contributed by atoms with Crippen LogP contribution >= 0.6 is 0 Å². The number of likely N-dealkylation sites (N-methyl/N-ethyl adjacent to an activating group) is 1. The highest BCUT2D eigenvalue weighted by molar-refractivity contribution is 5.83. The number of amides is 1. The molecule has 0 saturated heterocycles. The molecule has 0 aliphatic rings. The molecular weight excluding hydrogens is 168 g/mol. The molecule has 0 fully saturated rings. The molecule has 78 valence electrons. The quantitative estimate of drug-likeness (QED) is 0.629. The summed E-state index contributed by atoms with van der Waals surface area (Å²) >= 11 is 0. The van der Waals surface area contributed by atoms with Gasteiger partial charge in [-0.25, -0.2) is 0 Å². The maximum Gasteiger partial charge on any atom is 0.251 e. The summed E-state index contributed by atoms with van der Waals surface area (Å²) in [4.78, 5) is 13.2. The smallest absolute Gasteiger partial charge is 0.251 e. The van der Waals surface area contributed by atoms with E-state index in [1.165, 1.54) is 13.8 Å². The first-order chi connectivity index (χ1) is 5.88. The highest BCUT2D eigenvalue weighted by Gasteiger charge is 2.22. The van der Waals surface area contributed by atoms with Crippen LogP contribution in [0.3, 0.4) is 0 Å². The Balaban J connectivity index is 3.60. The summed E-state index contributed by atoms with van der Waals surface area (Å²) in [6, 6.07) is 0. The van der Waals surface area contributed by atoms with E-state index >= 15 is 0 Å². The summed E-state index contributed by atoms with van der Waals surface area (Å²) in [5.74, 6) is -0.322. The fraction of sp³-hybridized carbons (Fsp3) is 0.889. The Kier molecular flexibility index (Phi) is 4.95. The summed E-state index contributed by atoms with van der Waals surface area (Å²) in [5, 5.41) is 11.9. The number of nitrogens with zero attached hydrogens (tertiary/aromatic N) is 1. The van der Waals surface area contributed by atoms with Gasteiger partial charge in [-0.2, -0.15) is 0 Å². The van der Waals surface area contributed by atoms with Gasteiger partial charge in [-0.15, -0.1) is 0 Å². The Bertz CT molecular complexity index is 163. The summed E-state index contributed by atoms with van der Waals surface area (Å²) in [6.07, 6.45) is 0. The zero-order valence-corrected chi connectivity index (χ0v) is 8.92. The number of carbonyl (C=O) groups excluding carboxylic acids is 1.